The van der Waals surface area contributed by atoms with E-state index in [1.807, 2.05) is 7.11 Å². The number of rotatable bonds is 8. The molecule has 3 heterocycles. The molecule has 3 aliphatic heterocycles. The van der Waals surface area contributed by atoms with Crippen LogP contribution in [0, 0.1) is 11.8 Å². The van der Waals surface area contributed by atoms with Crippen molar-refractivity contribution in [1.29, 1.82) is 0 Å². The monoisotopic (exact) mass is 670 g/mol. The van der Waals surface area contributed by atoms with Crippen molar-refractivity contribution in [3.8, 4) is 0 Å². The molecular weight excluding hydrogens is 609 g/mol. The number of nitrogens with zero attached hydrogens (tertiary/aromatic N) is 2. The van der Waals surface area contributed by atoms with Gasteiger partial charge in [-0.1, -0.05) is 45.7 Å². The van der Waals surface area contributed by atoms with E-state index in [0.717, 1.165) is 83.6 Å². The van der Waals surface area contributed by atoms with E-state index in [4.69, 9.17) is 14.2 Å². The first-order valence-corrected chi connectivity index (χ1v) is 22.6. The molecule has 9 heteroatoms. The van der Waals surface area contributed by atoms with Gasteiger partial charge < -0.3 is 29.1 Å². The van der Waals surface area contributed by atoms with Crippen molar-refractivity contribution >= 4 is 19.9 Å². The lowest BCUT2D eigenvalue weighted by Crippen LogP contribution is -2.59. The highest BCUT2D eigenvalue weighted by molar-refractivity contribution is 6.80. The lowest BCUT2D eigenvalue weighted by molar-refractivity contribution is -0.166. The number of carbonyl (C=O) groups is 2. The van der Waals surface area contributed by atoms with Crippen LogP contribution in [0.15, 0.2) is 11.3 Å². The zero-order valence-corrected chi connectivity index (χ0v) is 30.7. The highest BCUT2D eigenvalue weighted by atomic mass is 28.3. The quantitative estimate of drug-likeness (QED) is 0.294. The average Bonchev–Trinajstić information content (AvgIpc) is 3.52. The lowest BCUT2D eigenvalue weighted by Gasteiger charge is -2.49. The largest absolute Gasteiger partial charge is 0.396 e. The molecule has 0 bridgehead atoms. The van der Waals surface area contributed by atoms with Crippen LogP contribution < -0.4 is 0 Å². The molecule has 47 heavy (non-hydrogen) atoms. The number of amides is 2. The van der Waals surface area contributed by atoms with Gasteiger partial charge in [-0.2, -0.15) is 0 Å². The Morgan fingerprint density at radius 2 is 1.66 bits per heavy atom. The van der Waals surface area contributed by atoms with Crippen molar-refractivity contribution in [2.24, 2.45) is 11.8 Å². The summed E-state index contributed by atoms with van der Waals surface area (Å²) in [6.07, 6.45) is 18.7. The van der Waals surface area contributed by atoms with Crippen LogP contribution in [-0.4, -0.2) is 97.7 Å². The number of aliphatic hydroxyl groups is 1. The van der Waals surface area contributed by atoms with Gasteiger partial charge >= 0.3 is 0 Å². The van der Waals surface area contributed by atoms with Crippen molar-refractivity contribution in [3.05, 3.63) is 11.3 Å². The van der Waals surface area contributed by atoms with Crippen LogP contribution in [0.5, 0.6) is 0 Å². The molecule has 2 amide bonds. The molecule has 2 unspecified atom stereocenters. The highest BCUT2D eigenvalue weighted by Crippen LogP contribution is 2.61. The minimum absolute atomic E-state index is 0.0681. The van der Waals surface area contributed by atoms with Crippen molar-refractivity contribution in [3.63, 3.8) is 0 Å². The third-order valence-electron chi connectivity index (χ3n) is 14.4. The fraction of sp³-hybridized carbons (Fsp3) is 0.895. The fourth-order valence-electron chi connectivity index (χ4n) is 12.0. The van der Waals surface area contributed by atoms with Crippen molar-refractivity contribution in [2.75, 3.05) is 26.9 Å². The topological polar surface area (TPSA) is 88.5 Å². The smallest absolute Gasteiger partial charge is 0.263 e. The Morgan fingerprint density at radius 3 is 2.38 bits per heavy atom. The van der Waals surface area contributed by atoms with E-state index in [1.54, 1.807) is 0 Å². The summed E-state index contributed by atoms with van der Waals surface area (Å²) in [5.41, 5.74) is 2.72. The summed E-state index contributed by atoms with van der Waals surface area (Å²) in [4.78, 5) is 32.5. The summed E-state index contributed by atoms with van der Waals surface area (Å²) >= 11 is 0. The average molecular weight is 671 g/mol. The summed E-state index contributed by atoms with van der Waals surface area (Å²) in [5, 5.41) is 10.2. The van der Waals surface area contributed by atoms with Crippen LogP contribution >= 0.6 is 0 Å². The van der Waals surface area contributed by atoms with Crippen LogP contribution in [0.4, 0.5) is 0 Å². The summed E-state index contributed by atoms with van der Waals surface area (Å²) in [6.45, 7) is 8.57. The molecule has 2 saturated heterocycles. The third-order valence-corrected chi connectivity index (χ3v) is 19.7. The predicted molar refractivity (Wildman–Crippen MR) is 185 cm³/mol. The van der Waals surface area contributed by atoms with Gasteiger partial charge in [0, 0.05) is 37.9 Å². The number of allylic oxidation sites excluding steroid dienone is 1. The Kier molecular flexibility index (Phi) is 10.0. The van der Waals surface area contributed by atoms with E-state index < -0.39 is 13.7 Å². The first kappa shape index (κ1) is 34.2. The molecule has 4 aliphatic carbocycles. The number of fused-ring (bicyclic) bond motifs is 2. The van der Waals surface area contributed by atoms with E-state index in [2.05, 4.69) is 29.8 Å². The minimum Gasteiger partial charge on any atom is -0.396 e. The molecule has 3 saturated carbocycles. The molecule has 0 aromatic heterocycles. The van der Waals surface area contributed by atoms with Gasteiger partial charge in [-0.25, -0.2) is 0 Å². The van der Waals surface area contributed by atoms with E-state index in [0.29, 0.717) is 35.6 Å². The van der Waals surface area contributed by atoms with Gasteiger partial charge in [0.05, 0.1) is 32.4 Å². The minimum atomic E-state index is -1.89. The van der Waals surface area contributed by atoms with Crippen molar-refractivity contribution in [2.45, 2.75) is 176 Å². The van der Waals surface area contributed by atoms with E-state index in [1.165, 1.54) is 37.0 Å². The number of hydrogen-bond acceptors (Lipinski definition) is 6. The molecule has 264 valence electrons. The van der Waals surface area contributed by atoms with Gasteiger partial charge in [0.2, 0.25) is 5.91 Å². The Hall–Kier alpha value is -1.26. The standard InChI is InChI=1S/C38H62N2O6Si/c1-25-36(47(3,4)29-19-17-28(44-2)18-20-29)34(21-22-41)46-38(25)30-9-5-6-10-31(30)39(37(38)43)23-26-13-15-27(16-14-26)40-32-11-7-8-12-33(32)45-24-35(40)42/h25-29,32-34,36,41H,5-24H2,1-4H3/t25-,26?,27?,28?,29?,32?,33?,34+,36-,38+/m1/s1. The molecule has 1 N–H and O–H groups in total. The summed E-state index contributed by atoms with van der Waals surface area (Å²) < 4.78 is 18.9. The molecule has 8 nitrogen and oxygen atoms in total. The first-order chi connectivity index (χ1) is 22.7. The maximum Gasteiger partial charge on any atom is 0.263 e. The summed E-state index contributed by atoms with van der Waals surface area (Å²) in [6, 6.07) is 0.563. The second-order valence-corrected chi connectivity index (χ2v) is 22.1. The van der Waals surface area contributed by atoms with Gasteiger partial charge in [-0.05, 0) is 106 Å². The number of hydrogen-bond donors (Lipinski definition) is 1. The summed E-state index contributed by atoms with van der Waals surface area (Å²) in [7, 11) is -0.0441. The highest BCUT2D eigenvalue weighted by Gasteiger charge is 2.67. The maximum absolute atomic E-state index is 15.0. The van der Waals surface area contributed by atoms with Crippen LogP contribution in [0.1, 0.15) is 116 Å². The fourth-order valence-corrected chi connectivity index (χ4v) is 17.1. The molecule has 0 aromatic rings. The zero-order chi connectivity index (χ0) is 32.9. The van der Waals surface area contributed by atoms with Crippen LogP contribution in [-0.2, 0) is 23.8 Å². The van der Waals surface area contributed by atoms with Gasteiger partial charge in [-0.3, -0.25) is 9.59 Å². The SMILES string of the molecule is COC1CCC([Si](C)(C)[C@H]2[C@H](CCO)O[C@@]3(C(=O)N(CC4CCC(N5C(=O)COC6CCCCC65)CC4)C4=C3CCCC4)[C@@H]2C)CC1. The Bertz CT molecular complexity index is 1190. The van der Waals surface area contributed by atoms with Gasteiger partial charge in [-0.15, -0.1) is 0 Å². The molecule has 7 aliphatic rings. The second kappa shape index (κ2) is 13.8. The van der Waals surface area contributed by atoms with Crippen LogP contribution in [0.2, 0.25) is 24.2 Å². The van der Waals surface area contributed by atoms with Crippen LogP contribution in [0.3, 0.4) is 0 Å². The molecular formula is C38H62N2O6Si. The number of aliphatic hydroxyl groups excluding tert-OH is 1. The predicted octanol–water partition coefficient (Wildman–Crippen LogP) is 6.58. The molecule has 0 radical (unpaired) electrons. The van der Waals surface area contributed by atoms with Gasteiger partial charge in [0.1, 0.15) is 6.61 Å². The lowest BCUT2D eigenvalue weighted by atomic mass is 9.78. The normalized spacial score (nSPS) is 41.5. The number of methoxy groups -OCH3 is 1. The third kappa shape index (κ3) is 5.89. The van der Waals surface area contributed by atoms with Gasteiger partial charge in [0.25, 0.3) is 5.91 Å². The number of ether oxygens (including phenoxy) is 3. The molecule has 7 rings (SSSR count). The van der Waals surface area contributed by atoms with Crippen LogP contribution in [0.25, 0.3) is 0 Å². The van der Waals surface area contributed by atoms with E-state index in [-0.39, 0.29) is 49.2 Å². The Balaban J connectivity index is 1.08. The van der Waals surface area contributed by atoms with Crippen molar-refractivity contribution < 1.29 is 28.9 Å². The van der Waals surface area contributed by atoms with Gasteiger partial charge in [0.15, 0.2) is 5.60 Å². The molecule has 6 atom stereocenters. The second-order valence-electron chi connectivity index (χ2n) is 17.0. The maximum atomic E-state index is 15.0. The Morgan fingerprint density at radius 1 is 0.936 bits per heavy atom. The zero-order valence-electron chi connectivity index (χ0n) is 29.7. The van der Waals surface area contributed by atoms with Crippen molar-refractivity contribution in [1.82, 2.24) is 9.80 Å². The molecule has 5 fully saturated rings. The first-order valence-electron chi connectivity index (χ1n) is 19.5. The van der Waals surface area contributed by atoms with E-state index >= 15 is 4.79 Å². The Labute approximate surface area is 284 Å². The number of morpholine rings is 1. The summed E-state index contributed by atoms with van der Waals surface area (Å²) in [5.74, 6) is 0.948. The molecule has 1 spiro atoms. The number of carbonyl (C=O) groups excluding carboxylic acids is 2. The van der Waals surface area contributed by atoms with E-state index in [9.17, 15) is 9.90 Å². The molecule has 0 aromatic carbocycles.